The van der Waals surface area contributed by atoms with Crippen molar-refractivity contribution in [1.29, 1.82) is 0 Å². The van der Waals surface area contributed by atoms with Gasteiger partial charge in [0.1, 0.15) is 6.04 Å². The molecule has 0 aliphatic carbocycles. The van der Waals surface area contributed by atoms with E-state index in [-0.39, 0.29) is 18.1 Å². The van der Waals surface area contributed by atoms with Crippen LogP contribution in [0.25, 0.3) is 0 Å². The third-order valence-electron chi connectivity index (χ3n) is 3.53. The highest BCUT2D eigenvalue weighted by atomic mass is 32.1. The zero-order valence-corrected chi connectivity index (χ0v) is 12.1. The number of aliphatic carboxylic acids is 1. The highest BCUT2D eigenvalue weighted by Crippen LogP contribution is 2.22. The van der Waals surface area contributed by atoms with Crippen LogP contribution in [-0.4, -0.2) is 40.3 Å². The molecule has 1 unspecified atom stereocenters. The number of carboxylic acids is 1. The first kappa shape index (κ1) is 14.7. The normalized spacial score (nSPS) is 19.9. The van der Waals surface area contributed by atoms with Gasteiger partial charge in [-0.3, -0.25) is 9.59 Å². The lowest BCUT2D eigenvalue weighted by Crippen LogP contribution is -2.43. The number of rotatable bonds is 5. The number of nitrogens with zero attached hydrogens (tertiary/aromatic N) is 1. The van der Waals surface area contributed by atoms with Crippen molar-refractivity contribution < 1.29 is 19.5 Å². The first-order valence-corrected chi connectivity index (χ1v) is 7.48. The quantitative estimate of drug-likeness (QED) is 0.843. The van der Waals surface area contributed by atoms with Gasteiger partial charge in [-0.15, -0.1) is 11.3 Å². The summed E-state index contributed by atoms with van der Waals surface area (Å²) >= 11 is 1.35. The Morgan fingerprint density at radius 2 is 2.25 bits per heavy atom. The monoisotopic (exact) mass is 295 g/mol. The molecule has 0 aromatic carbocycles. The van der Waals surface area contributed by atoms with Crippen molar-refractivity contribution in [2.75, 3.05) is 6.54 Å². The van der Waals surface area contributed by atoms with Gasteiger partial charge in [0.05, 0.1) is 4.88 Å². The average molecular weight is 295 g/mol. The van der Waals surface area contributed by atoms with Crippen molar-refractivity contribution in [3.8, 4) is 0 Å². The van der Waals surface area contributed by atoms with E-state index in [1.165, 1.54) is 16.2 Å². The van der Waals surface area contributed by atoms with Crippen LogP contribution in [0.5, 0.6) is 0 Å². The second-order valence-corrected chi connectivity index (χ2v) is 5.98. The summed E-state index contributed by atoms with van der Waals surface area (Å²) in [7, 11) is 0. The number of amides is 1. The zero-order valence-electron chi connectivity index (χ0n) is 11.2. The number of hydrogen-bond acceptors (Lipinski definition) is 4. The molecule has 1 amide bonds. The standard InChI is InChI=1S/C14H17NO4S/c1-9(8-11(16)12-5-3-7-20-12)13(17)15-6-2-4-10(15)14(18)19/h3,5,7,9-10H,2,4,6,8H2,1H3,(H,18,19)/t9?,10-/m0/s1. The van der Waals surface area contributed by atoms with E-state index in [0.29, 0.717) is 24.3 Å². The molecule has 6 heteroatoms. The maximum Gasteiger partial charge on any atom is 0.326 e. The molecule has 1 aromatic heterocycles. The molecule has 0 radical (unpaired) electrons. The van der Waals surface area contributed by atoms with E-state index < -0.39 is 17.9 Å². The van der Waals surface area contributed by atoms with Crippen LogP contribution < -0.4 is 0 Å². The molecule has 108 valence electrons. The number of ketones is 1. The van der Waals surface area contributed by atoms with E-state index in [4.69, 9.17) is 5.11 Å². The molecular weight excluding hydrogens is 278 g/mol. The molecular formula is C14H17NO4S. The largest absolute Gasteiger partial charge is 0.480 e. The highest BCUT2D eigenvalue weighted by Gasteiger charge is 2.36. The summed E-state index contributed by atoms with van der Waals surface area (Å²) in [6.07, 6.45) is 1.32. The fourth-order valence-corrected chi connectivity index (χ4v) is 3.15. The average Bonchev–Trinajstić information content (AvgIpc) is 3.08. The van der Waals surface area contributed by atoms with Crippen LogP contribution in [0.2, 0.25) is 0 Å². The van der Waals surface area contributed by atoms with Gasteiger partial charge in [0, 0.05) is 18.9 Å². The van der Waals surface area contributed by atoms with Gasteiger partial charge in [0.2, 0.25) is 5.91 Å². The van der Waals surface area contributed by atoms with Gasteiger partial charge in [0.25, 0.3) is 0 Å². The predicted octanol–water partition coefficient (Wildman–Crippen LogP) is 2.03. The summed E-state index contributed by atoms with van der Waals surface area (Å²) in [5, 5.41) is 10.9. The van der Waals surface area contributed by atoms with Gasteiger partial charge in [-0.25, -0.2) is 4.79 Å². The molecule has 20 heavy (non-hydrogen) atoms. The van der Waals surface area contributed by atoms with Crippen molar-refractivity contribution in [3.63, 3.8) is 0 Å². The number of thiophene rings is 1. The number of carbonyl (C=O) groups excluding carboxylic acids is 2. The van der Waals surface area contributed by atoms with Gasteiger partial charge in [-0.1, -0.05) is 13.0 Å². The highest BCUT2D eigenvalue weighted by molar-refractivity contribution is 7.12. The molecule has 0 spiro atoms. The molecule has 1 fully saturated rings. The molecule has 1 aliphatic rings. The summed E-state index contributed by atoms with van der Waals surface area (Å²) in [5.74, 6) is -1.75. The van der Waals surface area contributed by atoms with Crippen LogP contribution in [0.15, 0.2) is 17.5 Å². The minimum absolute atomic E-state index is 0.0630. The van der Waals surface area contributed by atoms with Gasteiger partial charge in [-0.2, -0.15) is 0 Å². The molecule has 1 N–H and O–H groups in total. The van der Waals surface area contributed by atoms with Crippen molar-refractivity contribution in [3.05, 3.63) is 22.4 Å². The van der Waals surface area contributed by atoms with Gasteiger partial charge in [0.15, 0.2) is 5.78 Å². The zero-order chi connectivity index (χ0) is 14.7. The first-order chi connectivity index (χ1) is 9.50. The second-order valence-electron chi connectivity index (χ2n) is 5.03. The van der Waals surface area contributed by atoms with Crippen LogP contribution in [0.1, 0.15) is 35.9 Å². The molecule has 5 nitrogen and oxygen atoms in total. The Morgan fingerprint density at radius 3 is 2.85 bits per heavy atom. The fraction of sp³-hybridized carbons (Fsp3) is 0.500. The Hall–Kier alpha value is -1.69. The molecule has 0 saturated carbocycles. The molecule has 0 bridgehead atoms. The maximum absolute atomic E-state index is 12.3. The Balaban J connectivity index is 1.98. The third-order valence-corrected chi connectivity index (χ3v) is 4.44. The smallest absolute Gasteiger partial charge is 0.326 e. The van der Waals surface area contributed by atoms with Gasteiger partial charge < -0.3 is 10.0 Å². The van der Waals surface area contributed by atoms with Gasteiger partial charge >= 0.3 is 5.97 Å². The van der Waals surface area contributed by atoms with E-state index in [9.17, 15) is 14.4 Å². The van der Waals surface area contributed by atoms with Gasteiger partial charge in [-0.05, 0) is 24.3 Å². The van der Waals surface area contributed by atoms with E-state index >= 15 is 0 Å². The van der Waals surface area contributed by atoms with E-state index in [1.54, 1.807) is 19.1 Å². The molecule has 1 aliphatic heterocycles. The van der Waals surface area contributed by atoms with Crippen molar-refractivity contribution in [1.82, 2.24) is 4.90 Å². The number of carboxylic acid groups (broad SMARTS) is 1. The van der Waals surface area contributed by atoms with E-state index in [2.05, 4.69) is 0 Å². The molecule has 2 atom stereocenters. The number of Topliss-reactive ketones (excluding diaryl/α,β-unsaturated/α-hetero) is 1. The SMILES string of the molecule is CC(CC(=O)c1cccs1)C(=O)N1CCC[C@H]1C(=O)O. The molecule has 1 aromatic rings. The minimum Gasteiger partial charge on any atom is -0.480 e. The van der Waals surface area contributed by atoms with E-state index in [0.717, 1.165) is 0 Å². The third kappa shape index (κ3) is 3.07. The summed E-state index contributed by atoms with van der Waals surface area (Å²) in [4.78, 5) is 37.4. The van der Waals surface area contributed by atoms with Crippen molar-refractivity contribution in [2.24, 2.45) is 5.92 Å². The van der Waals surface area contributed by atoms with Crippen LogP contribution in [0, 0.1) is 5.92 Å². The van der Waals surface area contributed by atoms with Crippen LogP contribution >= 0.6 is 11.3 Å². The summed E-state index contributed by atoms with van der Waals surface area (Å²) in [6, 6.07) is 2.80. The summed E-state index contributed by atoms with van der Waals surface area (Å²) < 4.78 is 0. The molecule has 2 heterocycles. The topological polar surface area (TPSA) is 74.7 Å². The van der Waals surface area contributed by atoms with Crippen LogP contribution in [-0.2, 0) is 9.59 Å². The van der Waals surface area contributed by atoms with Crippen molar-refractivity contribution in [2.45, 2.75) is 32.2 Å². The Labute approximate surface area is 121 Å². The fourth-order valence-electron chi connectivity index (χ4n) is 2.47. The first-order valence-electron chi connectivity index (χ1n) is 6.60. The lowest BCUT2D eigenvalue weighted by Gasteiger charge is -2.24. The number of hydrogen-bond donors (Lipinski definition) is 1. The summed E-state index contributed by atoms with van der Waals surface area (Å²) in [6.45, 7) is 2.15. The lowest BCUT2D eigenvalue weighted by molar-refractivity contribution is -0.149. The Bertz CT molecular complexity index is 511. The Morgan fingerprint density at radius 1 is 1.50 bits per heavy atom. The minimum atomic E-state index is -0.965. The Kier molecular flexibility index (Phi) is 4.54. The van der Waals surface area contributed by atoms with Crippen molar-refractivity contribution >= 4 is 29.0 Å². The van der Waals surface area contributed by atoms with E-state index in [1.807, 2.05) is 5.38 Å². The summed E-state index contributed by atoms with van der Waals surface area (Å²) in [5.41, 5.74) is 0. The predicted molar refractivity (Wildman–Crippen MR) is 74.8 cm³/mol. The number of likely N-dealkylation sites (tertiary alicyclic amines) is 1. The maximum atomic E-state index is 12.3. The van der Waals surface area contributed by atoms with Crippen LogP contribution in [0.4, 0.5) is 0 Å². The second kappa shape index (κ2) is 6.17. The lowest BCUT2D eigenvalue weighted by atomic mass is 10.0. The molecule has 1 saturated heterocycles. The number of carbonyl (C=O) groups is 3. The van der Waals surface area contributed by atoms with Crippen LogP contribution in [0.3, 0.4) is 0 Å². The molecule has 2 rings (SSSR count).